The van der Waals surface area contributed by atoms with E-state index >= 15 is 0 Å². The smallest absolute Gasteiger partial charge is 0.318 e. The van der Waals surface area contributed by atoms with E-state index in [0.717, 1.165) is 56.6 Å². The van der Waals surface area contributed by atoms with Crippen molar-refractivity contribution in [3.05, 3.63) is 59.3 Å². The minimum Gasteiger partial charge on any atom is -0.462 e. The van der Waals surface area contributed by atoms with Gasteiger partial charge in [-0.3, -0.25) is 4.79 Å². The number of hydrogen-bond acceptors (Lipinski definition) is 7. The maximum atomic E-state index is 12.5. The molecule has 6 rings (SSSR count). The molecule has 2 fully saturated rings. The van der Waals surface area contributed by atoms with Crippen LogP contribution in [0.3, 0.4) is 0 Å². The molecule has 0 radical (unpaired) electrons. The number of nitrogens with zero attached hydrogens (tertiary/aromatic N) is 6. The zero-order valence-corrected chi connectivity index (χ0v) is 22.9. The Bertz CT molecular complexity index is 1300. The van der Waals surface area contributed by atoms with E-state index in [1.165, 1.54) is 29.2 Å². The average molecular weight is 527 g/mol. The summed E-state index contributed by atoms with van der Waals surface area (Å²) in [6.45, 7) is 7.10. The summed E-state index contributed by atoms with van der Waals surface area (Å²) in [4.78, 5) is 28.9. The highest BCUT2D eigenvalue weighted by molar-refractivity contribution is 5.87. The van der Waals surface area contributed by atoms with Gasteiger partial charge in [0.2, 0.25) is 5.91 Å². The normalized spacial score (nSPS) is 26.3. The molecule has 1 aromatic heterocycles. The van der Waals surface area contributed by atoms with Crippen molar-refractivity contribution in [2.75, 3.05) is 44.7 Å². The predicted octanol–water partition coefficient (Wildman–Crippen LogP) is 3.44. The van der Waals surface area contributed by atoms with Gasteiger partial charge in [-0.15, -0.1) is 0 Å². The molecule has 3 heterocycles. The lowest BCUT2D eigenvalue weighted by Gasteiger charge is -2.42. The van der Waals surface area contributed by atoms with Crippen molar-refractivity contribution in [1.82, 2.24) is 19.8 Å². The molecule has 0 bridgehead atoms. The van der Waals surface area contributed by atoms with Crippen molar-refractivity contribution in [1.29, 1.82) is 5.26 Å². The van der Waals surface area contributed by atoms with E-state index in [2.05, 4.69) is 53.8 Å². The average Bonchev–Trinajstić information content (AvgIpc) is 3.54. The number of likely N-dealkylation sites (N-methyl/N-ethyl adjacent to an activating group) is 1. The number of piperazine rings is 1. The fourth-order valence-electron chi connectivity index (χ4n) is 7.30. The van der Waals surface area contributed by atoms with Gasteiger partial charge in [0.1, 0.15) is 12.4 Å². The SMILES string of the molecule is C=CC(=O)N1CCN(c2nc(OC[C@@H]3CCCN3C)nc3c2CC[C@@]2(CCc4ccccc42)C3)C[C@@H]1CC#N. The number of benzene rings is 1. The lowest BCUT2D eigenvalue weighted by atomic mass is 9.69. The molecule has 2 aliphatic heterocycles. The minimum absolute atomic E-state index is 0.119. The quantitative estimate of drug-likeness (QED) is 0.533. The molecule has 3 atom stereocenters. The van der Waals surface area contributed by atoms with Gasteiger partial charge >= 0.3 is 6.01 Å². The molecule has 0 N–H and O–H groups in total. The highest BCUT2D eigenvalue weighted by atomic mass is 16.5. The summed E-state index contributed by atoms with van der Waals surface area (Å²) in [5, 5.41) is 9.50. The van der Waals surface area contributed by atoms with Crippen molar-refractivity contribution in [2.24, 2.45) is 0 Å². The number of rotatable bonds is 6. The van der Waals surface area contributed by atoms with E-state index in [1.54, 1.807) is 4.90 Å². The number of amides is 1. The number of ether oxygens (including phenoxy) is 1. The third-order valence-electron chi connectivity index (χ3n) is 9.51. The second-order valence-electron chi connectivity index (χ2n) is 11.7. The van der Waals surface area contributed by atoms with Crippen LogP contribution in [0, 0.1) is 11.3 Å². The standard InChI is InChI=1S/C31H38N6O2/c1-3-28(38)37-18-17-36(20-23(37)12-15-32)29-25-11-14-31(13-10-22-7-4-5-9-26(22)31)19-27(25)33-30(34-29)39-21-24-8-6-16-35(24)2/h3-5,7,9,23-24H,1,6,8,10-14,16-21H2,2H3/t23-,24-,31-/m0/s1. The maximum absolute atomic E-state index is 12.5. The van der Waals surface area contributed by atoms with E-state index in [0.29, 0.717) is 38.3 Å². The summed E-state index contributed by atoms with van der Waals surface area (Å²) in [6.07, 6.45) is 9.11. The second-order valence-corrected chi connectivity index (χ2v) is 11.7. The number of nitriles is 1. The van der Waals surface area contributed by atoms with Crippen LogP contribution in [0.2, 0.25) is 0 Å². The molecule has 2 aliphatic carbocycles. The van der Waals surface area contributed by atoms with Crippen molar-refractivity contribution in [2.45, 2.75) is 68.9 Å². The fourth-order valence-corrected chi connectivity index (χ4v) is 7.30. The van der Waals surface area contributed by atoms with Gasteiger partial charge in [-0.25, -0.2) is 0 Å². The van der Waals surface area contributed by atoms with Crippen LogP contribution in [0.25, 0.3) is 0 Å². The molecule has 1 spiro atoms. The van der Waals surface area contributed by atoms with Crippen molar-refractivity contribution in [3.8, 4) is 12.1 Å². The van der Waals surface area contributed by atoms with Gasteiger partial charge in [0.25, 0.3) is 0 Å². The molecule has 4 aliphatic rings. The number of carbonyl (C=O) groups excluding carboxylic acids is 1. The molecule has 2 aromatic rings. The van der Waals surface area contributed by atoms with Gasteiger partial charge < -0.3 is 19.4 Å². The van der Waals surface area contributed by atoms with Crippen LogP contribution in [0.5, 0.6) is 6.01 Å². The molecule has 8 nitrogen and oxygen atoms in total. The molecule has 39 heavy (non-hydrogen) atoms. The van der Waals surface area contributed by atoms with E-state index in [-0.39, 0.29) is 23.8 Å². The minimum atomic E-state index is -0.201. The third kappa shape index (κ3) is 4.78. The first kappa shape index (κ1) is 25.8. The van der Waals surface area contributed by atoms with Gasteiger partial charge in [0.05, 0.1) is 24.2 Å². The van der Waals surface area contributed by atoms with Gasteiger partial charge in [-0.1, -0.05) is 30.8 Å². The van der Waals surface area contributed by atoms with Crippen LogP contribution in [0.15, 0.2) is 36.9 Å². The van der Waals surface area contributed by atoms with Crippen LogP contribution in [-0.2, 0) is 29.5 Å². The fraction of sp³-hybridized carbons (Fsp3) is 0.548. The number of carbonyl (C=O) groups is 1. The third-order valence-corrected chi connectivity index (χ3v) is 9.51. The van der Waals surface area contributed by atoms with Gasteiger partial charge in [0.15, 0.2) is 0 Å². The molecule has 8 heteroatoms. The Kier molecular flexibility index (Phi) is 7.03. The zero-order valence-electron chi connectivity index (χ0n) is 22.9. The molecule has 0 saturated carbocycles. The summed E-state index contributed by atoms with van der Waals surface area (Å²) in [5.74, 6) is 0.802. The topological polar surface area (TPSA) is 85.6 Å². The van der Waals surface area contributed by atoms with Crippen LogP contribution < -0.4 is 9.64 Å². The number of hydrogen-bond donors (Lipinski definition) is 0. The maximum Gasteiger partial charge on any atom is 0.318 e. The Morgan fingerprint density at radius 1 is 1.21 bits per heavy atom. The number of aryl methyl sites for hydroxylation is 1. The van der Waals surface area contributed by atoms with E-state index in [4.69, 9.17) is 14.7 Å². The molecule has 204 valence electrons. The summed E-state index contributed by atoms with van der Waals surface area (Å²) in [7, 11) is 2.15. The molecule has 0 unspecified atom stereocenters. The van der Waals surface area contributed by atoms with Crippen molar-refractivity contribution in [3.63, 3.8) is 0 Å². The van der Waals surface area contributed by atoms with Gasteiger partial charge in [-0.2, -0.15) is 15.2 Å². The summed E-state index contributed by atoms with van der Waals surface area (Å²) in [6, 6.07) is 11.8. The van der Waals surface area contributed by atoms with Gasteiger partial charge in [-0.05, 0) is 75.7 Å². The Hall–Kier alpha value is -3.44. The molecule has 1 amide bonds. The second kappa shape index (κ2) is 10.6. The van der Waals surface area contributed by atoms with Gasteiger partial charge in [0, 0.05) is 36.7 Å². The van der Waals surface area contributed by atoms with Crippen LogP contribution in [-0.4, -0.2) is 77.6 Å². The number of aromatic nitrogens is 2. The molecular formula is C31H38N6O2. The monoisotopic (exact) mass is 526 g/mol. The lowest BCUT2D eigenvalue weighted by molar-refractivity contribution is -0.128. The number of fused-ring (bicyclic) bond motifs is 3. The Morgan fingerprint density at radius 3 is 2.85 bits per heavy atom. The van der Waals surface area contributed by atoms with Crippen molar-refractivity contribution >= 4 is 11.7 Å². The first-order valence-electron chi connectivity index (χ1n) is 14.4. The molecule has 1 aromatic carbocycles. The summed E-state index contributed by atoms with van der Waals surface area (Å²) in [5.41, 5.74) is 5.37. The number of likely N-dealkylation sites (tertiary alicyclic amines) is 1. The highest BCUT2D eigenvalue weighted by Crippen LogP contribution is 2.48. The van der Waals surface area contributed by atoms with Crippen molar-refractivity contribution < 1.29 is 9.53 Å². The Morgan fingerprint density at radius 2 is 2.05 bits per heavy atom. The predicted molar refractivity (Wildman–Crippen MR) is 150 cm³/mol. The highest BCUT2D eigenvalue weighted by Gasteiger charge is 2.43. The Labute approximate surface area is 231 Å². The lowest BCUT2D eigenvalue weighted by Crippen LogP contribution is -2.55. The van der Waals surface area contributed by atoms with Crippen LogP contribution in [0.1, 0.15) is 54.5 Å². The zero-order chi connectivity index (χ0) is 27.0. The summed E-state index contributed by atoms with van der Waals surface area (Å²) >= 11 is 0. The number of anilines is 1. The first-order chi connectivity index (χ1) is 19.0. The molecule has 2 saturated heterocycles. The summed E-state index contributed by atoms with van der Waals surface area (Å²) < 4.78 is 6.31. The largest absolute Gasteiger partial charge is 0.462 e. The Balaban J connectivity index is 1.33. The van der Waals surface area contributed by atoms with E-state index in [1.807, 2.05) is 0 Å². The van der Waals surface area contributed by atoms with Crippen LogP contribution >= 0.6 is 0 Å². The first-order valence-corrected chi connectivity index (χ1v) is 14.4. The molecular weight excluding hydrogens is 488 g/mol. The van der Waals surface area contributed by atoms with E-state index in [9.17, 15) is 10.1 Å². The van der Waals surface area contributed by atoms with E-state index < -0.39 is 0 Å². The van der Waals surface area contributed by atoms with Crippen LogP contribution in [0.4, 0.5) is 5.82 Å².